The van der Waals surface area contributed by atoms with Crippen molar-refractivity contribution in [3.63, 3.8) is 0 Å². The van der Waals surface area contributed by atoms with Crippen LogP contribution in [0.4, 0.5) is 0 Å². The normalized spacial score (nSPS) is 30.4. The highest BCUT2D eigenvalue weighted by Crippen LogP contribution is 2.63. The zero-order chi connectivity index (χ0) is 35.0. The highest BCUT2D eigenvalue weighted by molar-refractivity contribution is 6.33. The van der Waals surface area contributed by atoms with Gasteiger partial charge in [0.2, 0.25) is 0 Å². The molecule has 7 atom stereocenters. The summed E-state index contributed by atoms with van der Waals surface area (Å²) in [6.45, 7) is 4.28. The molecule has 0 radical (unpaired) electrons. The molecule has 3 aliphatic heterocycles. The van der Waals surface area contributed by atoms with Gasteiger partial charge in [-0.25, -0.2) is 0 Å². The molecule has 3 N–H and O–H groups in total. The second-order valence-corrected chi connectivity index (χ2v) is 13.3. The standard InChI is InChI=1S/C35H30O14/c1-10-20-13(5-14(46-10)7-18(37)45-4)6-16-23(29(20)40)28(39)15-9-35(16,49-12(3)36)27-22(15)31(42)24-25(33(27)44)32(43)26-21(30(24)41)11(2)47-17-8-19(38)48-34(17)26/h6,10-11,14-15,17,34,40-41,43H,5,7-9H2,1-4H3/t10-,11-,14+,15-,17?,34?,35?/m0/s1. The van der Waals surface area contributed by atoms with Gasteiger partial charge in [0, 0.05) is 41.2 Å². The fourth-order valence-electron chi connectivity index (χ4n) is 8.86. The summed E-state index contributed by atoms with van der Waals surface area (Å²) in [5, 5.41) is 35.0. The smallest absolute Gasteiger partial charge is 0.309 e. The first-order valence-electron chi connectivity index (χ1n) is 15.9. The van der Waals surface area contributed by atoms with Gasteiger partial charge in [-0.1, -0.05) is 0 Å². The van der Waals surface area contributed by atoms with Crippen LogP contribution in [0.25, 0.3) is 0 Å². The van der Waals surface area contributed by atoms with Crippen LogP contribution < -0.4 is 0 Å². The second-order valence-electron chi connectivity index (χ2n) is 13.3. The summed E-state index contributed by atoms with van der Waals surface area (Å²) in [6.07, 6.45) is -4.88. The molecular weight excluding hydrogens is 644 g/mol. The van der Waals surface area contributed by atoms with Crippen LogP contribution in [0.5, 0.6) is 17.2 Å². The van der Waals surface area contributed by atoms with Crippen molar-refractivity contribution >= 4 is 35.3 Å². The maximum absolute atomic E-state index is 14.8. The minimum atomic E-state index is -2.05. The maximum Gasteiger partial charge on any atom is 0.309 e. The molecule has 0 saturated carbocycles. The van der Waals surface area contributed by atoms with Crippen molar-refractivity contribution in [3.8, 4) is 17.2 Å². The third-order valence-corrected chi connectivity index (χ3v) is 10.6. The fourth-order valence-corrected chi connectivity index (χ4v) is 8.86. The molecule has 254 valence electrons. The summed E-state index contributed by atoms with van der Waals surface area (Å²) in [4.78, 5) is 80.7. The van der Waals surface area contributed by atoms with E-state index in [0.29, 0.717) is 5.56 Å². The molecule has 3 heterocycles. The first kappa shape index (κ1) is 31.2. The molecular formula is C35H30O14. The minimum absolute atomic E-state index is 0.0331. The van der Waals surface area contributed by atoms with E-state index in [-0.39, 0.29) is 64.6 Å². The van der Waals surface area contributed by atoms with Gasteiger partial charge in [-0.2, -0.15) is 0 Å². The van der Waals surface area contributed by atoms with Crippen LogP contribution in [0.3, 0.4) is 0 Å². The molecule has 0 amide bonds. The van der Waals surface area contributed by atoms with E-state index in [1.165, 1.54) is 13.2 Å². The average Bonchev–Trinajstić information content (AvgIpc) is 3.55. The van der Waals surface area contributed by atoms with Crippen LogP contribution in [0.1, 0.15) is 117 Å². The summed E-state index contributed by atoms with van der Waals surface area (Å²) in [5.74, 6) is -7.87. The van der Waals surface area contributed by atoms with Crippen LogP contribution in [0.15, 0.2) is 17.2 Å². The number of allylic oxidation sites excluding steroid dienone is 1. The lowest BCUT2D eigenvalue weighted by atomic mass is 9.71. The van der Waals surface area contributed by atoms with Crippen molar-refractivity contribution < 1.29 is 67.8 Å². The van der Waals surface area contributed by atoms with Crippen molar-refractivity contribution in [2.75, 3.05) is 7.11 Å². The van der Waals surface area contributed by atoms with E-state index in [1.54, 1.807) is 13.8 Å². The van der Waals surface area contributed by atoms with Crippen LogP contribution in [0.2, 0.25) is 0 Å². The van der Waals surface area contributed by atoms with Crippen molar-refractivity contribution in [2.24, 2.45) is 5.92 Å². The Morgan fingerprint density at radius 1 is 0.898 bits per heavy atom. The number of phenolic OH excluding ortho intramolecular Hbond substituents is 3. The van der Waals surface area contributed by atoms with Gasteiger partial charge < -0.3 is 39.0 Å². The van der Waals surface area contributed by atoms with Crippen molar-refractivity contribution in [1.82, 2.24) is 0 Å². The van der Waals surface area contributed by atoms with Crippen molar-refractivity contribution in [3.05, 3.63) is 61.7 Å². The lowest BCUT2D eigenvalue weighted by Gasteiger charge is -2.39. The Kier molecular flexibility index (Phi) is 6.51. The fraction of sp³-hybridized carbons (Fsp3) is 0.429. The zero-order valence-corrected chi connectivity index (χ0v) is 26.7. The van der Waals surface area contributed by atoms with Gasteiger partial charge >= 0.3 is 17.9 Å². The molecule has 3 unspecified atom stereocenters. The molecule has 1 saturated heterocycles. The summed E-state index contributed by atoms with van der Waals surface area (Å²) >= 11 is 0. The van der Waals surface area contributed by atoms with Gasteiger partial charge in [0.1, 0.15) is 23.4 Å². The number of ketones is 3. The molecule has 14 heteroatoms. The third kappa shape index (κ3) is 3.95. The Balaban J connectivity index is 1.35. The van der Waals surface area contributed by atoms with Crippen molar-refractivity contribution in [2.45, 2.75) is 82.6 Å². The summed E-state index contributed by atoms with van der Waals surface area (Å²) < 4.78 is 28.0. The number of hydrogen-bond acceptors (Lipinski definition) is 14. The monoisotopic (exact) mass is 674 g/mol. The van der Waals surface area contributed by atoms with E-state index < -0.39 is 106 Å². The molecule has 49 heavy (non-hydrogen) atoms. The lowest BCUT2D eigenvalue weighted by Crippen LogP contribution is -2.41. The quantitative estimate of drug-likeness (QED) is 0.243. The summed E-state index contributed by atoms with van der Waals surface area (Å²) in [5.41, 5.74) is -3.58. The molecule has 1 fully saturated rings. The van der Waals surface area contributed by atoms with E-state index in [4.69, 9.17) is 23.7 Å². The number of aromatic hydroxyl groups is 3. The highest BCUT2D eigenvalue weighted by Gasteiger charge is 2.64. The van der Waals surface area contributed by atoms with Gasteiger partial charge in [-0.3, -0.25) is 28.8 Å². The number of benzene rings is 2. The number of esters is 3. The van der Waals surface area contributed by atoms with E-state index in [0.717, 1.165) is 6.92 Å². The number of ether oxygens (including phenoxy) is 5. The summed E-state index contributed by atoms with van der Waals surface area (Å²) in [7, 11) is 1.24. The third-order valence-electron chi connectivity index (χ3n) is 10.6. The van der Waals surface area contributed by atoms with Crippen molar-refractivity contribution in [1.29, 1.82) is 0 Å². The largest absolute Gasteiger partial charge is 0.507 e. The van der Waals surface area contributed by atoms with Crippen LogP contribution in [-0.4, -0.2) is 69.9 Å². The number of methoxy groups -OCH3 is 1. The molecule has 14 nitrogen and oxygen atoms in total. The minimum Gasteiger partial charge on any atom is -0.507 e. The van der Waals surface area contributed by atoms with Gasteiger partial charge in [0.15, 0.2) is 29.1 Å². The van der Waals surface area contributed by atoms with E-state index in [1.807, 2.05) is 0 Å². The molecule has 2 aromatic rings. The molecule has 0 aromatic heterocycles. The van der Waals surface area contributed by atoms with Crippen LogP contribution >= 0.6 is 0 Å². The van der Waals surface area contributed by atoms with Gasteiger partial charge in [0.25, 0.3) is 0 Å². The number of Topliss-reactive ketones (excluding diaryl/α,β-unsaturated/α-hetero) is 3. The number of fused-ring (bicyclic) bond motifs is 11. The molecule has 2 bridgehead atoms. The number of hydrogen-bond donors (Lipinski definition) is 3. The first-order chi connectivity index (χ1) is 23.2. The Morgan fingerprint density at radius 2 is 1.55 bits per heavy atom. The number of carbonyl (C=O) groups is 6. The Morgan fingerprint density at radius 3 is 2.24 bits per heavy atom. The predicted molar refractivity (Wildman–Crippen MR) is 160 cm³/mol. The SMILES string of the molecule is COC(=O)C[C@H]1Cc2cc3c(c(O)c2[C@H](C)O1)C(=O)[C@H]1CC3(OC(C)=O)C2=C1C(=O)c1c(O)c3c(c(O)c1C2=O)C1OC(=O)CC1O[C@H]3C. The molecule has 0 spiro atoms. The molecule has 6 aliphatic rings. The van der Waals surface area contributed by atoms with Crippen LogP contribution in [0, 0.1) is 5.92 Å². The van der Waals surface area contributed by atoms with Gasteiger partial charge in [-0.05, 0) is 31.9 Å². The maximum atomic E-state index is 14.8. The number of carbonyl (C=O) groups excluding carboxylic acids is 6. The number of rotatable bonds is 3. The topological polar surface area (TPSA) is 209 Å². The molecule has 8 rings (SSSR count). The second kappa shape index (κ2) is 10.2. The Labute approximate surface area is 277 Å². The van der Waals surface area contributed by atoms with E-state index in [9.17, 15) is 44.1 Å². The Bertz CT molecular complexity index is 2040. The van der Waals surface area contributed by atoms with Gasteiger partial charge in [0.05, 0.1) is 66.4 Å². The number of phenols is 3. The van der Waals surface area contributed by atoms with E-state index in [2.05, 4.69) is 0 Å². The zero-order valence-electron chi connectivity index (χ0n) is 26.7. The first-order valence-corrected chi connectivity index (χ1v) is 15.9. The molecule has 3 aliphatic carbocycles. The van der Waals surface area contributed by atoms with Gasteiger partial charge in [-0.15, -0.1) is 0 Å². The van der Waals surface area contributed by atoms with E-state index >= 15 is 0 Å². The highest BCUT2D eigenvalue weighted by atomic mass is 16.6. The Hall–Kier alpha value is -5.08. The lowest BCUT2D eigenvalue weighted by molar-refractivity contribution is -0.155. The van der Waals surface area contributed by atoms with Crippen LogP contribution in [-0.2, 0) is 50.1 Å². The average molecular weight is 675 g/mol. The summed E-state index contributed by atoms with van der Waals surface area (Å²) in [6, 6.07) is 1.53. The molecule has 2 aromatic carbocycles. The predicted octanol–water partition coefficient (Wildman–Crippen LogP) is 3.17.